The van der Waals surface area contributed by atoms with E-state index in [0.717, 1.165) is 10.9 Å². The molecule has 1 aromatic heterocycles. The lowest BCUT2D eigenvalue weighted by atomic mass is 10.0. The lowest BCUT2D eigenvalue weighted by Gasteiger charge is -2.09. The van der Waals surface area contributed by atoms with Crippen LogP contribution in [0.2, 0.25) is 0 Å². The first-order valence-corrected chi connectivity index (χ1v) is 6.91. The summed E-state index contributed by atoms with van der Waals surface area (Å²) in [5.74, 6) is 0. The molecule has 0 aliphatic carbocycles. The molecule has 0 saturated heterocycles. The summed E-state index contributed by atoms with van der Waals surface area (Å²) in [6.45, 7) is 0. The molecule has 84 valence electrons. The van der Waals surface area contributed by atoms with Crippen LogP contribution < -0.4 is 0 Å². The fourth-order valence-corrected chi connectivity index (χ4v) is 2.59. The highest BCUT2D eigenvalue weighted by Crippen LogP contribution is 2.14. The molecule has 0 aliphatic heterocycles. The molecular weight excluding hydrogens is 284 g/mol. The van der Waals surface area contributed by atoms with Crippen LogP contribution in [0, 0.1) is 0 Å². The Kier molecular flexibility index (Phi) is 4.16. The highest BCUT2D eigenvalue weighted by molar-refractivity contribution is 9.10. The van der Waals surface area contributed by atoms with Crippen molar-refractivity contribution in [1.29, 1.82) is 0 Å². The van der Waals surface area contributed by atoms with Crippen LogP contribution in [0.1, 0.15) is 11.1 Å². The third-order valence-corrected chi connectivity index (χ3v) is 3.70. The van der Waals surface area contributed by atoms with Gasteiger partial charge in [-0.05, 0) is 52.9 Å². The molecule has 3 heteroatoms. The number of hydrogen-bond acceptors (Lipinski definition) is 2. The van der Waals surface area contributed by atoms with E-state index in [-0.39, 0.29) is 6.10 Å². The molecule has 0 spiro atoms. The molecule has 0 fully saturated rings. The van der Waals surface area contributed by atoms with Gasteiger partial charge in [-0.3, -0.25) is 0 Å². The summed E-state index contributed by atoms with van der Waals surface area (Å²) in [7, 11) is 0. The van der Waals surface area contributed by atoms with Gasteiger partial charge >= 0.3 is 0 Å². The number of benzene rings is 1. The summed E-state index contributed by atoms with van der Waals surface area (Å²) in [4.78, 5) is 0. The zero-order valence-corrected chi connectivity index (χ0v) is 11.2. The zero-order chi connectivity index (χ0) is 11.4. The van der Waals surface area contributed by atoms with Crippen LogP contribution in [0.15, 0.2) is 45.6 Å². The van der Waals surface area contributed by atoms with Gasteiger partial charge < -0.3 is 5.11 Å². The van der Waals surface area contributed by atoms with Crippen molar-refractivity contribution in [3.05, 3.63) is 56.7 Å². The number of rotatable bonds is 4. The average molecular weight is 297 g/mol. The highest BCUT2D eigenvalue weighted by atomic mass is 79.9. The molecule has 0 saturated carbocycles. The van der Waals surface area contributed by atoms with E-state index in [4.69, 9.17) is 0 Å². The van der Waals surface area contributed by atoms with E-state index < -0.39 is 0 Å². The van der Waals surface area contributed by atoms with Gasteiger partial charge in [0.2, 0.25) is 0 Å². The molecule has 2 rings (SSSR count). The Hall–Kier alpha value is -0.640. The topological polar surface area (TPSA) is 20.2 Å². The molecule has 16 heavy (non-hydrogen) atoms. The Morgan fingerprint density at radius 3 is 2.38 bits per heavy atom. The summed E-state index contributed by atoms with van der Waals surface area (Å²) in [5.41, 5.74) is 2.39. The van der Waals surface area contributed by atoms with E-state index >= 15 is 0 Å². The van der Waals surface area contributed by atoms with Gasteiger partial charge in [-0.25, -0.2) is 0 Å². The highest BCUT2D eigenvalue weighted by Gasteiger charge is 2.07. The van der Waals surface area contributed by atoms with E-state index in [9.17, 15) is 5.11 Å². The maximum Gasteiger partial charge on any atom is 0.0621 e. The largest absolute Gasteiger partial charge is 0.392 e. The van der Waals surface area contributed by atoms with E-state index in [1.807, 2.05) is 29.6 Å². The zero-order valence-electron chi connectivity index (χ0n) is 8.77. The van der Waals surface area contributed by atoms with E-state index in [1.54, 1.807) is 11.3 Å². The Morgan fingerprint density at radius 1 is 1.06 bits per heavy atom. The monoisotopic (exact) mass is 296 g/mol. The first-order valence-electron chi connectivity index (χ1n) is 5.17. The second kappa shape index (κ2) is 5.62. The Balaban J connectivity index is 1.92. The van der Waals surface area contributed by atoms with E-state index in [0.29, 0.717) is 6.42 Å². The molecule has 2 aromatic rings. The first-order chi connectivity index (χ1) is 7.74. The van der Waals surface area contributed by atoms with Crippen molar-refractivity contribution >= 4 is 27.3 Å². The SMILES string of the molecule is OC(Cc1ccc(Br)cc1)Cc1ccsc1. The van der Waals surface area contributed by atoms with Gasteiger partial charge in [0.15, 0.2) is 0 Å². The fourth-order valence-electron chi connectivity index (χ4n) is 1.65. The van der Waals surface area contributed by atoms with Gasteiger partial charge in [-0.15, -0.1) is 0 Å². The van der Waals surface area contributed by atoms with Crippen molar-refractivity contribution in [2.75, 3.05) is 0 Å². The number of thiophene rings is 1. The third kappa shape index (κ3) is 3.44. The molecule has 1 heterocycles. The number of halogens is 1. The standard InChI is InChI=1S/C13H13BrOS/c14-12-3-1-10(2-4-12)7-13(15)8-11-5-6-16-9-11/h1-6,9,13,15H,7-8H2. The summed E-state index contributed by atoms with van der Waals surface area (Å²) in [5, 5.41) is 14.1. The predicted molar refractivity (Wildman–Crippen MR) is 71.9 cm³/mol. The number of aliphatic hydroxyl groups excluding tert-OH is 1. The van der Waals surface area contributed by atoms with Gasteiger partial charge in [0.25, 0.3) is 0 Å². The minimum atomic E-state index is -0.296. The molecule has 0 aliphatic rings. The summed E-state index contributed by atoms with van der Waals surface area (Å²) < 4.78 is 1.07. The van der Waals surface area contributed by atoms with Crippen LogP contribution in [0.5, 0.6) is 0 Å². The van der Waals surface area contributed by atoms with Gasteiger partial charge in [-0.2, -0.15) is 11.3 Å². The summed E-state index contributed by atoms with van der Waals surface area (Å²) in [6, 6.07) is 10.2. The molecule has 0 radical (unpaired) electrons. The van der Waals surface area contributed by atoms with Crippen LogP contribution >= 0.6 is 27.3 Å². The molecule has 1 nitrogen and oxygen atoms in total. The normalized spacial score (nSPS) is 12.6. The maximum atomic E-state index is 9.94. The van der Waals surface area contributed by atoms with Crippen molar-refractivity contribution in [2.45, 2.75) is 18.9 Å². The van der Waals surface area contributed by atoms with Gasteiger partial charge in [0, 0.05) is 4.47 Å². The minimum absolute atomic E-state index is 0.296. The maximum absolute atomic E-state index is 9.94. The van der Waals surface area contributed by atoms with Crippen molar-refractivity contribution in [2.24, 2.45) is 0 Å². The predicted octanol–water partition coefficient (Wildman–Crippen LogP) is 3.66. The van der Waals surface area contributed by atoms with Crippen LogP contribution in [0.4, 0.5) is 0 Å². The second-order valence-electron chi connectivity index (χ2n) is 3.82. The lowest BCUT2D eigenvalue weighted by Crippen LogP contribution is -2.13. The molecule has 0 amide bonds. The molecule has 1 aromatic carbocycles. The Bertz CT molecular complexity index is 422. The van der Waals surface area contributed by atoms with Crippen LogP contribution in [-0.2, 0) is 12.8 Å². The minimum Gasteiger partial charge on any atom is -0.392 e. The number of hydrogen-bond donors (Lipinski definition) is 1. The number of aliphatic hydroxyl groups is 1. The Morgan fingerprint density at radius 2 is 1.75 bits per heavy atom. The lowest BCUT2D eigenvalue weighted by molar-refractivity contribution is 0.175. The van der Waals surface area contributed by atoms with Crippen molar-refractivity contribution in [3.8, 4) is 0 Å². The van der Waals surface area contributed by atoms with Crippen molar-refractivity contribution < 1.29 is 5.11 Å². The van der Waals surface area contributed by atoms with Crippen molar-refractivity contribution in [3.63, 3.8) is 0 Å². The van der Waals surface area contributed by atoms with Crippen molar-refractivity contribution in [1.82, 2.24) is 0 Å². The second-order valence-corrected chi connectivity index (χ2v) is 5.52. The fraction of sp³-hybridized carbons (Fsp3) is 0.231. The Labute approximate surface area is 108 Å². The molecule has 1 atom stereocenters. The quantitative estimate of drug-likeness (QED) is 0.913. The smallest absolute Gasteiger partial charge is 0.0621 e. The van der Waals surface area contributed by atoms with E-state index in [2.05, 4.69) is 27.4 Å². The van der Waals surface area contributed by atoms with Gasteiger partial charge in [0.05, 0.1) is 6.10 Å². The molecule has 0 bridgehead atoms. The van der Waals surface area contributed by atoms with E-state index in [1.165, 1.54) is 11.1 Å². The summed E-state index contributed by atoms with van der Waals surface area (Å²) in [6.07, 6.45) is 1.15. The van der Waals surface area contributed by atoms with Crippen LogP contribution in [0.3, 0.4) is 0 Å². The molecule has 1 N–H and O–H groups in total. The molecule has 1 unspecified atom stereocenters. The third-order valence-electron chi connectivity index (χ3n) is 2.44. The van der Waals surface area contributed by atoms with Gasteiger partial charge in [0.1, 0.15) is 0 Å². The average Bonchev–Trinajstić information content (AvgIpc) is 2.74. The first kappa shape index (κ1) is 11.8. The summed E-state index contributed by atoms with van der Waals surface area (Å²) >= 11 is 5.07. The van der Waals surface area contributed by atoms with Gasteiger partial charge in [-0.1, -0.05) is 28.1 Å². The van der Waals surface area contributed by atoms with Crippen LogP contribution in [0.25, 0.3) is 0 Å². The molecular formula is C13H13BrOS. The van der Waals surface area contributed by atoms with Crippen LogP contribution in [-0.4, -0.2) is 11.2 Å².